The molecule has 0 unspecified atom stereocenters. The lowest BCUT2D eigenvalue weighted by Gasteiger charge is -2.51. The average Bonchev–Trinajstić information content (AvgIpc) is 2.71. The van der Waals surface area contributed by atoms with Crippen molar-refractivity contribution < 1.29 is 14.6 Å². The van der Waals surface area contributed by atoms with Gasteiger partial charge in [0, 0.05) is 31.8 Å². The van der Waals surface area contributed by atoms with Crippen LogP contribution in [0.1, 0.15) is 51.5 Å². The molecule has 0 aliphatic carbocycles. The number of carbonyl (C=O) groups is 1. The van der Waals surface area contributed by atoms with E-state index >= 15 is 0 Å². The van der Waals surface area contributed by atoms with Gasteiger partial charge in [-0.25, -0.2) is 4.79 Å². The van der Waals surface area contributed by atoms with E-state index in [1.54, 1.807) is 11.8 Å². The second kappa shape index (κ2) is 9.01. The summed E-state index contributed by atoms with van der Waals surface area (Å²) in [4.78, 5) is 40.4. The minimum atomic E-state index is -1.26. The fourth-order valence-electron chi connectivity index (χ4n) is 4.45. The number of piperidine rings is 1. The first-order chi connectivity index (χ1) is 14.2. The van der Waals surface area contributed by atoms with Crippen LogP contribution in [0.25, 0.3) is 0 Å². The van der Waals surface area contributed by atoms with Crippen LogP contribution in [-0.4, -0.2) is 68.9 Å². The second-order valence-electron chi connectivity index (χ2n) is 8.78. The number of hydrogen-bond acceptors (Lipinski definition) is 7. The molecule has 0 bridgehead atoms. The molecule has 0 saturated carbocycles. The quantitative estimate of drug-likeness (QED) is 0.430. The molecule has 3 rings (SSSR count). The molecule has 2 aliphatic rings. The van der Waals surface area contributed by atoms with Gasteiger partial charge in [-0.3, -0.25) is 19.1 Å². The van der Waals surface area contributed by atoms with Crippen molar-refractivity contribution in [3.05, 3.63) is 33.1 Å². The maximum atomic E-state index is 12.6. The summed E-state index contributed by atoms with van der Waals surface area (Å²) in [5, 5.41) is 10.8. The van der Waals surface area contributed by atoms with Crippen LogP contribution in [0, 0.1) is 0 Å². The number of H-pyrrole nitrogens is 1. The zero-order valence-corrected chi connectivity index (χ0v) is 17.5. The van der Waals surface area contributed by atoms with E-state index in [-0.39, 0.29) is 12.5 Å². The van der Waals surface area contributed by atoms with Crippen LogP contribution in [-0.2, 0) is 9.53 Å². The van der Waals surface area contributed by atoms with Crippen LogP contribution in [0.15, 0.2) is 21.9 Å². The maximum absolute atomic E-state index is 12.6. The van der Waals surface area contributed by atoms with Gasteiger partial charge in [-0.15, -0.1) is 0 Å². The predicted molar refractivity (Wildman–Crippen MR) is 111 cm³/mol. The Balaban J connectivity index is 1.67. The monoisotopic (exact) mass is 423 g/mol. The molecule has 0 aromatic carbocycles. The van der Waals surface area contributed by atoms with E-state index in [1.807, 2.05) is 0 Å². The van der Waals surface area contributed by atoms with Gasteiger partial charge in [0.05, 0.1) is 24.3 Å². The number of aromatic amines is 1. The van der Waals surface area contributed by atoms with Crippen LogP contribution >= 0.6 is 0 Å². The Morgan fingerprint density at radius 3 is 2.70 bits per heavy atom. The Bertz CT molecular complexity index is 856. The zero-order valence-electron chi connectivity index (χ0n) is 17.5. The smallest absolute Gasteiger partial charge is 0.328 e. The van der Waals surface area contributed by atoms with E-state index in [9.17, 15) is 19.5 Å². The molecule has 1 aromatic rings. The standard InChI is InChI=1S/C20H33N5O5/c1-19(29)13-30-20(12-15(19)25-9-5-16(26)23-18(25)28)6-10-24(11-7-20)17(27)14(22)4-2-3-8-21/h5,9,14-15,29H,2-4,6-8,10-13,21-22H2,1H3,(H,23,26,28)/t14-,15-,19-/m0/s1. The normalized spacial score (nSPS) is 27.2. The zero-order chi connectivity index (χ0) is 21.9. The molecular weight excluding hydrogens is 390 g/mol. The highest BCUT2D eigenvalue weighted by molar-refractivity contribution is 5.81. The summed E-state index contributed by atoms with van der Waals surface area (Å²) in [5.74, 6) is -0.0573. The molecule has 1 amide bonds. The third-order valence-corrected chi connectivity index (χ3v) is 6.41. The lowest BCUT2D eigenvalue weighted by atomic mass is 9.77. The summed E-state index contributed by atoms with van der Waals surface area (Å²) >= 11 is 0. The molecule has 1 aromatic heterocycles. The molecule has 168 valence electrons. The minimum absolute atomic E-state index is 0.0573. The first-order valence-electron chi connectivity index (χ1n) is 10.6. The van der Waals surface area contributed by atoms with Crippen molar-refractivity contribution in [1.82, 2.24) is 14.5 Å². The Morgan fingerprint density at radius 2 is 2.07 bits per heavy atom. The van der Waals surface area contributed by atoms with E-state index in [4.69, 9.17) is 16.2 Å². The number of nitrogens with two attached hydrogens (primary N) is 2. The molecule has 3 atom stereocenters. The Hall–Kier alpha value is -2.01. The molecule has 2 saturated heterocycles. The van der Waals surface area contributed by atoms with E-state index in [1.165, 1.54) is 16.8 Å². The number of rotatable bonds is 6. The van der Waals surface area contributed by atoms with Gasteiger partial charge in [0.25, 0.3) is 5.56 Å². The van der Waals surface area contributed by atoms with Crippen LogP contribution in [0.3, 0.4) is 0 Å². The van der Waals surface area contributed by atoms with Crippen molar-refractivity contribution in [3.63, 3.8) is 0 Å². The molecule has 10 nitrogen and oxygen atoms in total. The number of hydrogen-bond donors (Lipinski definition) is 4. The largest absolute Gasteiger partial charge is 0.386 e. The number of ether oxygens (including phenoxy) is 1. The van der Waals surface area contributed by atoms with Crippen LogP contribution in [0.2, 0.25) is 0 Å². The third-order valence-electron chi connectivity index (χ3n) is 6.41. The molecule has 0 radical (unpaired) electrons. The SMILES string of the molecule is C[C@]1(O)COC2(CCN(C(=O)[C@@H](N)CCCCN)CC2)C[C@@H]1n1ccc(=O)[nH]c1=O. The topological polar surface area (TPSA) is 157 Å². The summed E-state index contributed by atoms with van der Waals surface area (Å²) in [6, 6.07) is 0.204. The van der Waals surface area contributed by atoms with Crippen molar-refractivity contribution in [2.24, 2.45) is 11.5 Å². The van der Waals surface area contributed by atoms with Gasteiger partial charge in [0.1, 0.15) is 5.60 Å². The number of aliphatic hydroxyl groups is 1. The number of likely N-dealkylation sites (tertiary alicyclic amines) is 1. The molecule has 1 spiro atoms. The Labute approximate surface area is 175 Å². The molecular formula is C20H33N5O5. The fourth-order valence-corrected chi connectivity index (χ4v) is 4.45. The number of nitrogens with zero attached hydrogens (tertiary/aromatic N) is 2. The molecule has 10 heteroatoms. The van der Waals surface area contributed by atoms with Crippen molar-refractivity contribution in [2.45, 2.75) is 68.7 Å². The van der Waals surface area contributed by atoms with Gasteiger partial charge in [0.15, 0.2) is 0 Å². The highest BCUT2D eigenvalue weighted by atomic mass is 16.5. The van der Waals surface area contributed by atoms with Crippen LogP contribution in [0.5, 0.6) is 0 Å². The first kappa shape index (κ1) is 22.7. The number of nitrogens with one attached hydrogen (secondary N) is 1. The minimum Gasteiger partial charge on any atom is -0.386 e. The maximum Gasteiger partial charge on any atom is 0.328 e. The third kappa shape index (κ3) is 4.83. The number of carbonyl (C=O) groups excluding carboxylic acids is 1. The highest BCUT2D eigenvalue weighted by Crippen LogP contribution is 2.43. The van der Waals surface area contributed by atoms with E-state index < -0.39 is 34.5 Å². The summed E-state index contributed by atoms with van der Waals surface area (Å²) in [6.07, 6.45) is 5.32. The van der Waals surface area contributed by atoms with E-state index in [2.05, 4.69) is 4.98 Å². The lowest BCUT2D eigenvalue weighted by molar-refractivity contribution is -0.202. The van der Waals surface area contributed by atoms with Crippen LogP contribution in [0.4, 0.5) is 0 Å². The Kier molecular flexibility index (Phi) is 6.81. The van der Waals surface area contributed by atoms with Gasteiger partial charge in [-0.05, 0) is 39.2 Å². The molecule has 2 aliphatic heterocycles. The average molecular weight is 424 g/mol. The van der Waals surface area contributed by atoms with Gasteiger partial charge < -0.3 is 26.2 Å². The Morgan fingerprint density at radius 1 is 1.37 bits per heavy atom. The molecule has 30 heavy (non-hydrogen) atoms. The van der Waals surface area contributed by atoms with Crippen molar-refractivity contribution in [1.29, 1.82) is 0 Å². The summed E-state index contributed by atoms with van der Waals surface area (Å²) in [7, 11) is 0. The van der Waals surface area contributed by atoms with E-state index in [0.717, 1.165) is 12.8 Å². The van der Waals surface area contributed by atoms with Crippen LogP contribution < -0.4 is 22.7 Å². The van der Waals surface area contributed by atoms with Crippen molar-refractivity contribution in [3.8, 4) is 0 Å². The van der Waals surface area contributed by atoms with Crippen molar-refractivity contribution >= 4 is 5.91 Å². The van der Waals surface area contributed by atoms with Crippen molar-refractivity contribution in [2.75, 3.05) is 26.2 Å². The highest BCUT2D eigenvalue weighted by Gasteiger charge is 2.49. The molecule has 6 N–H and O–H groups in total. The summed E-state index contributed by atoms with van der Waals surface area (Å²) in [5.41, 5.74) is 8.72. The van der Waals surface area contributed by atoms with Gasteiger partial charge in [0.2, 0.25) is 5.91 Å². The number of aromatic nitrogens is 2. The number of amides is 1. The molecule has 2 fully saturated rings. The summed E-state index contributed by atoms with van der Waals surface area (Å²) in [6.45, 7) is 3.31. The van der Waals surface area contributed by atoms with E-state index in [0.29, 0.717) is 45.3 Å². The van der Waals surface area contributed by atoms with Gasteiger partial charge in [-0.1, -0.05) is 6.42 Å². The van der Waals surface area contributed by atoms with Gasteiger partial charge in [-0.2, -0.15) is 0 Å². The predicted octanol–water partition coefficient (Wildman–Crippen LogP) is -0.933. The number of unbranched alkanes of at least 4 members (excludes halogenated alkanes) is 1. The second-order valence-corrected chi connectivity index (χ2v) is 8.78. The molecule has 3 heterocycles. The van der Waals surface area contributed by atoms with Gasteiger partial charge >= 0.3 is 5.69 Å². The summed E-state index contributed by atoms with van der Waals surface area (Å²) < 4.78 is 7.46. The fraction of sp³-hybridized carbons (Fsp3) is 0.750. The first-order valence-corrected chi connectivity index (χ1v) is 10.6. The lowest BCUT2D eigenvalue weighted by Crippen LogP contribution is -2.59.